The smallest absolute Gasteiger partial charge is 0.142 e. The van der Waals surface area contributed by atoms with Crippen LogP contribution in [0.1, 0.15) is 0 Å². The number of hydrogen-bond acceptors (Lipinski definition) is 4. The second kappa shape index (κ2) is 7.17. The van der Waals surface area contributed by atoms with Gasteiger partial charge in [-0.3, -0.25) is 0 Å². The lowest BCUT2D eigenvalue weighted by Gasteiger charge is -2.15. The van der Waals surface area contributed by atoms with Crippen molar-refractivity contribution in [3.8, 4) is 11.5 Å². The summed E-state index contributed by atoms with van der Waals surface area (Å²) >= 11 is 3.38. The molecule has 106 valence electrons. The highest BCUT2D eigenvalue weighted by atomic mass is 79.9. The molecule has 1 atom stereocenters. The van der Waals surface area contributed by atoms with E-state index in [1.807, 2.05) is 36.4 Å². The lowest BCUT2D eigenvalue weighted by molar-refractivity contribution is 0.0626. The first-order valence-corrected chi connectivity index (χ1v) is 6.99. The van der Waals surface area contributed by atoms with Crippen LogP contribution in [0.2, 0.25) is 0 Å². The molecule has 0 heterocycles. The molecule has 20 heavy (non-hydrogen) atoms. The number of nitrogen functional groups attached to an aromatic ring is 1. The fourth-order valence-electron chi connectivity index (χ4n) is 1.59. The standard InChI is InChI=1S/C15H16BrNO3/c16-12-5-1-3-7-14(12)19-9-11(18)10-20-15-8-4-2-6-13(15)17/h1-8,11,18H,9-10,17H2. The average Bonchev–Trinajstić information content (AvgIpc) is 2.45. The molecule has 4 nitrogen and oxygen atoms in total. The van der Waals surface area contributed by atoms with E-state index in [9.17, 15) is 5.11 Å². The third kappa shape index (κ3) is 4.15. The molecule has 1 unspecified atom stereocenters. The van der Waals surface area contributed by atoms with Crippen LogP contribution < -0.4 is 15.2 Å². The zero-order valence-corrected chi connectivity index (χ0v) is 12.4. The minimum Gasteiger partial charge on any atom is -0.490 e. The third-order valence-electron chi connectivity index (χ3n) is 2.62. The Morgan fingerprint density at radius 1 is 0.950 bits per heavy atom. The van der Waals surface area contributed by atoms with Gasteiger partial charge >= 0.3 is 0 Å². The Morgan fingerprint density at radius 3 is 2.15 bits per heavy atom. The number of para-hydroxylation sites is 3. The molecule has 3 N–H and O–H groups in total. The number of nitrogens with two attached hydrogens (primary N) is 1. The van der Waals surface area contributed by atoms with E-state index in [1.165, 1.54) is 0 Å². The van der Waals surface area contributed by atoms with Crippen LogP contribution >= 0.6 is 15.9 Å². The first kappa shape index (κ1) is 14.7. The predicted octanol–water partition coefficient (Wildman–Crippen LogP) is 2.85. The van der Waals surface area contributed by atoms with Crippen LogP contribution in [0.3, 0.4) is 0 Å². The molecule has 0 bridgehead atoms. The average molecular weight is 338 g/mol. The number of aliphatic hydroxyl groups is 1. The van der Waals surface area contributed by atoms with Gasteiger partial charge in [-0.25, -0.2) is 0 Å². The Labute approximate surface area is 126 Å². The Morgan fingerprint density at radius 2 is 1.50 bits per heavy atom. The first-order chi connectivity index (χ1) is 9.66. The van der Waals surface area contributed by atoms with E-state index < -0.39 is 6.10 Å². The quantitative estimate of drug-likeness (QED) is 0.795. The minimum absolute atomic E-state index is 0.124. The molecule has 5 heteroatoms. The molecule has 0 saturated carbocycles. The first-order valence-electron chi connectivity index (χ1n) is 6.19. The number of aliphatic hydroxyl groups excluding tert-OH is 1. The van der Waals surface area contributed by atoms with E-state index in [-0.39, 0.29) is 13.2 Å². The summed E-state index contributed by atoms with van der Waals surface area (Å²) < 4.78 is 11.8. The van der Waals surface area contributed by atoms with Crippen LogP contribution in [0.15, 0.2) is 53.0 Å². The number of benzene rings is 2. The van der Waals surface area contributed by atoms with Crippen molar-refractivity contribution in [3.63, 3.8) is 0 Å². The van der Waals surface area contributed by atoms with Gasteiger partial charge in [-0.05, 0) is 40.2 Å². The van der Waals surface area contributed by atoms with Gasteiger partial charge in [-0.1, -0.05) is 24.3 Å². The molecular formula is C15H16BrNO3. The summed E-state index contributed by atoms with van der Waals surface area (Å²) in [5, 5.41) is 9.85. The van der Waals surface area contributed by atoms with Crippen molar-refractivity contribution in [2.45, 2.75) is 6.10 Å². The largest absolute Gasteiger partial charge is 0.490 e. The molecule has 0 aliphatic carbocycles. The van der Waals surface area contributed by atoms with E-state index >= 15 is 0 Å². The highest BCUT2D eigenvalue weighted by molar-refractivity contribution is 9.10. The van der Waals surface area contributed by atoms with Gasteiger partial charge in [0.25, 0.3) is 0 Å². The van der Waals surface area contributed by atoms with E-state index in [0.717, 1.165) is 4.47 Å². The SMILES string of the molecule is Nc1ccccc1OCC(O)COc1ccccc1Br. The van der Waals surface area contributed by atoms with E-state index in [2.05, 4.69) is 15.9 Å². The normalized spacial score (nSPS) is 11.9. The van der Waals surface area contributed by atoms with Gasteiger partial charge in [0, 0.05) is 0 Å². The Bertz CT molecular complexity index is 513. The molecule has 0 aliphatic rings. The maximum atomic E-state index is 9.85. The molecule has 0 saturated heterocycles. The molecule has 2 rings (SSSR count). The van der Waals surface area contributed by atoms with Crippen molar-refractivity contribution in [2.24, 2.45) is 0 Å². The summed E-state index contributed by atoms with van der Waals surface area (Å²) in [7, 11) is 0. The monoisotopic (exact) mass is 337 g/mol. The van der Waals surface area contributed by atoms with Crippen LogP contribution in [0.25, 0.3) is 0 Å². The fourth-order valence-corrected chi connectivity index (χ4v) is 1.99. The van der Waals surface area contributed by atoms with Gasteiger partial charge in [0.2, 0.25) is 0 Å². The molecule has 0 fully saturated rings. The predicted molar refractivity (Wildman–Crippen MR) is 82.0 cm³/mol. The summed E-state index contributed by atoms with van der Waals surface area (Å²) in [5.41, 5.74) is 6.30. The molecule has 0 aliphatic heterocycles. The molecule has 0 radical (unpaired) electrons. The van der Waals surface area contributed by atoms with E-state index in [4.69, 9.17) is 15.2 Å². The van der Waals surface area contributed by atoms with Gasteiger partial charge in [-0.2, -0.15) is 0 Å². The number of halogens is 1. The van der Waals surface area contributed by atoms with E-state index in [1.54, 1.807) is 12.1 Å². The van der Waals surface area contributed by atoms with Crippen molar-refractivity contribution >= 4 is 21.6 Å². The summed E-state index contributed by atoms with van der Waals surface area (Å²) in [6, 6.07) is 14.6. The lowest BCUT2D eigenvalue weighted by atomic mass is 10.3. The summed E-state index contributed by atoms with van der Waals surface area (Å²) in [6.07, 6.45) is -0.735. The molecular weight excluding hydrogens is 322 g/mol. The summed E-state index contributed by atoms with van der Waals surface area (Å²) in [4.78, 5) is 0. The van der Waals surface area contributed by atoms with Crippen LogP contribution in [0.5, 0.6) is 11.5 Å². The Kier molecular flexibility index (Phi) is 5.26. The van der Waals surface area contributed by atoms with Gasteiger partial charge in [-0.15, -0.1) is 0 Å². The van der Waals surface area contributed by atoms with Gasteiger partial charge in [0.1, 0.15) is 30.8 Å². The summed E-state index contributed by atoms with van der Waals surface area (Å²) in [5.74, 6) is 1.25. The number of anilines is 1. The van der Waals surface area contributed by atoms with Crippen LogP contribution in [-0.2, 0) is 0 Å². The second-order valence-corrected chi connectivity index (χ2v) is 5.10. The molecule has 0 spiro atoms. The zero-order valence-electron chi connectivity index (χ0n) is 10.8. The third-order valence-corrected chi connectivity index (χ3v) is 3.27. The maximum absolute atomic E-state index is 9.85. The Balaban J connectivity index is 1.80. The molecule has 2 aromatic rings. The summed E-state index contributed by atoms with van der Waals surface area (Å²) in [6.45, 7) is 0.272. The highest BCUT2D eigenvalue weighted by Crippen LogP contribution is 2.24. The van der Waals surface area contributed by atoms with Crippen molar-refractivity contribution in [1.29, 1.82) is 0 Å². The van der Waals surface area contributed by atoms with Crippen molar-refractivity contribution in [3.05, 3.63) is 53.0 Å². The van der Waals surface area contributed by atoms with E-state index in [0.29, 0.717) is 17.2 Å². The maximum Gasteiger partial charge on any atom is 0.142 e. The molecule has 2 aromatic carbocycles. The van der Waals surface area contributed by atoms with Crippen LogP contribution in [0, 0.1) is 0 Å². The van der Waals surface area contributed by atoms with Gasteiger partial charge < -0.3 is 20.3 Å². The molecule has 0 amide bonds. The lowest BCUT2D eigenvalue weighted by Crippen LogP contribution is -2.25. The van der Waals surface area contributed by atoms with Crippen molar-refractivity contribution in [2.75, 3.05) is 18.9 Å². The van der Waals surface area contributed by atoms with Crippen molar-refractivity contribution in [1.82, 2.24) is 0 Å². The van der Waals surface area contributed by atoms with Gasteiger partial charge in [0.15, 0.2) is 0 Å². The number of hydrogen-bond donors (Lipinski definition) is 2. The topological polar surface area (TPSA) is 64.7 Å². The number of ether oxygens (including phenoxy) is 2. The van der Waals surface area contributed by atoms with Crippen LogP contribution in [0.4, 0.5) is 5.69 Å². The van der Waals surface area contributed by atoms with Crippen LogP contribution in [-0.4, -0.2) is 24.4 Å². The number of rotatable bonds is 6. The second-order valence-electron chi connectivity index (χ2n) is 4.24. The van der Waals surface area contributed by atoms with Gasteiger partial charge in [0.05, 0.1) is 10.2 Å². The van der Waals surface area contributed by atoms with Crippen molar-refractivity contribution < 1.29 is 14.6 Å². The Hall–Kier alpha value is -1.72. The minimum atomic E-state index is -0.735. The zero-order chi connectivity index (χ0) is 14.4. The highest BCUT2D eigenvalue weighted by Gasteiger charge is 2.09. The molecule has 0 aromatic heterocycles. The fraction of sp³-hybridized carbons (Fsp3) is 0.200.